The van der Waals surface area contributed by atoms with Crippen molar-refractivity contribution in [3.8, 4) is 0 Å². The first-order valence-electron chi connectivity index (χ1n) is 33.3. The standard InChI is InChI=1S/C68H129NO5/c1-3-5-7-9-11-13-15-17-33-38-42-46-50-54-58-62-68(73)74-63-59-55-51-47-43-39-35-32-30-28-26-24-22-20-18-19-21-23-25-27-29-31-34-37-41-45-49-53-57-61-67(72)69-65(64-70)66(71)60-56-52-48-44-40-36-16-14-12-10-8-6-4-2/h17-18,20,33,56,60,65-66,70-71H,3-16,19,21-32,34-55,57-59,61-64H2,1-2H3,(H,69,72)/b20-18-,33-17-,60-56+. The Bertz CT molecular complexity index is 1200. The maximum Gasteiger partial charge on any atom is 0.305 e. The topological polar surface area (TPSA) is 95.9 Å². The Morgan fingerprint density at radius 2 is 0.635 bits per heavy atom. The lowest BCUT2D eigenvalue weighted by molar-refractivity contribution is -0.143. The normalized spacial score (nSPS) is 12.8. The number of ether oxygens (including phenoxy) is 1. The molecule has 0 aromatic rings. The zero-order valence-corrected chi connectivity index (χ0v) is 49.8. The van der Waals surface area contributed by atoms with E-state index in [1.165, 1.54) is 289 Å². The number of rotatable bonds is 62. The number of aliphatic hydroxyl groups is 2. The van der Waals surface area contributed by atoms with Crippen molar-refractivity contribution in [3.63, 3.8) is 0 Å². The van der Waals surface area contributed by atoms with Gasteiger partial charge in [-0.05, 0) is 83.5 Å². The van der Waals surface area contributed by atoms with Gasteiger partial charge in [0.1, 0.15) is 0 Å². The van der Waals surface area contributed by atoms with Crippen LogP contribution in [0.25, 0.3) is 0 Å². The largest absolute Gasteiger partial charge is 0.466 e. The van der Waals surface area contributed by atoms with Gasteiger partial charge in [0.2, 0.25) is 5.91 Å². The first-order valence-corrected chi connectivity index (χ1v) is 33.3. The van der Waals surface area contributed by atoms with Crippen LogP contribution in [0.1, 0.15) is 361 Å². The number of esters is 1. The maximum absolute atomic E-state index is 12.5. The summed E-state index contributed by atoms with van der Waals surface area (Å²) in [5, 5.41) is 23.1. The monoisotopic (exact) mass is 1040 g/mol. The van der Waals surface area contributed by atoms with Gasteiger partial charge in [0.15, 0.2) is 0 Å². The third-order valence-corrected chi connectivity index (χ3v) is 15.4. The molecule has 6 heteroatoms. The van der Waals surface area contributed by atoms with Gasteiger partial charge in [0, 0.05) is 12.8 Å². The lowest BCUT2D eigenvalue weighted by atomic mass is 10.0. The Hall–Kier alpha value is -1.92. The summed E-state index contributed by atoms with van der Waals surface area (Å²) < 4.78 is 5.49. The summed E-state index contributed by atoms with van der Waals surface area (Å²) >= 11 is 0. The summed E-state index contributed by atoms with van der Waals surface area (Å²) in [6.45, 7) is 4.91. The van der Waals surface area contributed by atoms with Crippen molar-refractivity contribution in [2.75, 3.05) is 13.2 Å². The van der Waals surface area contributed by atoms with E-state index < -0.39 is 12.1 Å². The van der Waals surface area contributed by atoms with Gasteiger partial charge < -0.3 is 20.3 Å². The van der Waals surface area contributed by atoms with Crippen LogP contribution in [0, 0.1) is 0 Å². The van der Waals surface area contributed by atoms with Crippen LogP contribution < -0.4 is 5.32 Å². The zero-order chi connectivity index (χ0) is 53.6. The summed E-state index contributed by atoms with van der Waals surface area (Å²) in [7, 11) is 0. The van der Waals surface area contributed by atoms with E-state index in [9.17, 15) is 19.8 Å². The smallest absolute Gasteiger partial charge is 0.305 e. The lowest BCUT2D eigenvalue weighted by Crippen LogP contribution is -2.45. The molecule has 0 aromatic carbocycles. The summed E-state index contributed by atoms with van der Waals surface area (Å²) in [5.41, 5.74) is 0. The highest BCUT2D eigenvalue weighted by Crippen LogP contribution is 2.17. The van der Waals surface area contributed by atoms with Gasteiger partial charge in [-0.25, -0.2) is 0 Å². The first-order chi connectivity index (χ1) is 36.5. The van der Waals surface area contributed by atoms with Crippen molar-refractivity contribution >= 4 is 11.9 Å². The number of hydrogen-bond donors (Lipinski definition) is 3. The minimum absolute atomic E-state index is 0.00834. The van der Waals surface area contributed by atoms with Crippen LogP contribution in [0.5, 0.6) is 0 Å². The minimum Gasteiger partial charge on any atom is -0.466 e. The third kappa shape index (κ3) is 59.3. The SMILES string of the molecule is CCCCCCCC/C=C\CCCCCCCC(=O)OCCCCCCCCCCCCCC/C=C\CCCCCCCCCCCCCCCC(=O)NC(CO)C(O)/C=C/CCCCCCCCCCCCC. The summed E-state index contributed by atoms with van der Waals surface area (Å²) in [4.78, 5) is 24.5. The van der Waals surface area contributed by atoms with Crippen molar-refractivity contribution in [3.05, 3.63) is 36.5 Å². The molecule has 436 valence electrons. The molecule has 0 spiro atoms. The zero-order valence-electron chi connectivity index (χ0n) is 49.8. The molecule has 74 heavy (non-hydrogen) atoms. The second-order valence-corrected chi connectivity index (χ2v) is 22.8. The van der Waals surface area contributed by atoms with Gasteiger partial charge in [-0.2, -0.15) is 0 Å². The van der Waals surface area contributed by atoms with Gasteiger partial charge in [-0.1, -0.05) is 301 Å². The minimum atomic E-state index is -0.843. The second kappa shape index (κ2) is 63.6. The Labute approximate surface area is 462 Å². The summed E-state index contributed by atoms with van der Waals surface area (Å²) in [5.74, 6) is -0.0581. The molecule has 3 N–H and O–H groups in total. The Morgan fingerprint density at radius 3 is 0.959 bits per heavy atom. The maximum atomic E-state index is 12.5. The molecule has 0 bridgehead atoms. The van der Waals surface area contributed by atoms with E-state index >= 15 is 0 Å². The third-order valence-electron chi connectivity index (χ3n) is 15.4. The quantitative estimate of drug-likeness (QED) is 0.0320. The molecule has 0 radical (unpaired) electrons. The van der Waals surface area contributed by atoms with Gasteiger partial charge in [0.25, 0.3) is 0 Å². The lowest BCUT2D eigenvalue weighted by Gasteiger charge is -2.20. The van der Waals surface area contributed by atoms with Crippen LogP contribution >= 0.6 is 0 Å². The second-order valence-electron chi connectivity index (χ2n) is 22.8. The van der Waals surface area contributed by atoms with Crippen LogP contribution in [0.2, 0.25) is 0 Å². The van der Waals surface area contributed by atoms with Gasteiger partial charge in [-0.3, -0.25) is 9.59 Å². The number of allylic oxidation sites excluding steroid dienone is 5. The molecule has 2 atom stereocenters. The fraction of sp³-hybridized carbons (Fsp3) is 0.882. The Morgan fingerprint density at radius 1 is 0.365 bits per heavy atom. The van der Waals surface area contributed by atoms with Crippen LogP contribution in [0.4, 0.5) is 0 Å². The van der Waals surface area contributed by atoms with Crippen molar-refractivity contribution < 1.29 is 24.5 Å². The number of unbranched alkanes of at least 4 members (excludes halogenated alkanes) is 47. The summed E-state index contributed by atoms with van der Waals surface area (Å²) in [6, 6.07) is -0.626. The van der Waals surface area contributed by atoms with E-state index in [1.807, 2.05) is 6.08 Å². The fourth-order valence-corrected chi connectivity index (χ4v) is 10.3. The van der Waals surface area contributed by atoms with E-state index in [1.54, 1.807) is 6.08 Å². The van der Waals surface area contributed by atoms with Crippen molar-refractivity contribution in [1.82, 2.24) is 5.32 Å². The Kier molecular flexibility index (Phi) is 62.0. The molecule has 2 unspecified atom stereocenters. The first kappa shape index (κ1) is 72.1. The molecular formula is C68H129NO5. The molecule has 6 nitrogen and oxygen atoms in total. The molecule has 0 aliphatic carbocycles. The molecule has 1 amide bonds. The number of aliphatic hydroxyl groups excluding tert-OH is 2. The predicted molar refractivity (Wildman–Crippen MR) is 324 cm³/mol. The van der Waals surface area contributed by atoms with Crippen LogP contribution in [0.15, 0.2) is 36.5 Å². The van der Waals surface area contributed by atoms with E-state index in [0.29, 0.717) is 19.4 Å². The van der Waals surface area contributed by atoms with Crippen molar-refractivity contribution in [1.29, 1.82) is 0 Å². The van der Waals surface area contributed by atoms with E-state index in [0.717, 1.165) is 44.9 Å². The fourth-order valence-electron chi connectivity index (χ4n) is 10.3. The average Bonchev–Trinajstić information content (AvgIpc) is 3.40. The number of hydrogen-bond acceptors (Lipinski definition) is 5. The highest BCUT2D eigenvalue weighted by Gasteiger charge is 2.18. The predicted octanol–water partition coefficient (Wildman–Crippen LogP) is 21.1. The van der Waals surface area contributed by atoms with Crippen LogP contribution in [-0.4, -0.2) is 47.4 Å². The van der Waals surface area contributed by atoms with E-state index in [2.05, 4.69) is 43.5 Å². The molecular weight excluding hydrogens is 911 g/mol. The van der Waals surface area contributed by atoms with Gasteiger partial charge in [0.05, 0.1) is 25.4 Å². The molecule has 0 aliphatic heterocycles. The molecule has 0 saturated carbocycles. The van der Waals surface area contributed by atoms with E-state index in [4.69, 9.17) is 4.74 Å². The van der Waals surface area contributed by atoms with Crippen LogP contribution in [0.3, 0.4) is 0 Å². The van der Waals surface area contributed by atoms with Crippen LogP contribution in [-0.2, 0) is 14.3 Å². The summed E-state index contributed by atoms with van der Waals surface area (Å²) in [6.07, 6.45) is 80.7. The molecule has 0 aromatic heterocycles. The molecule has 0 saturated heterocycles. The van der Waals surface area contributed by atoms with Crippen molar-refractivity contribution in [2.45, 2.75) is 373 Å². The number of nitrogens with one attached hydrogen (secondary N) is 1. The molecule has 0 aliphatic rings. The van der Waals surface area contributed by atoms with Gasteiger partial charge >= 0.3 is 5.97 Å². The number of carbonyl (C=O) groups excluding carboxylic acids is 2. The highest BCUT2D eigenvalue weighted by molar-refractivity contribution is 5.76. The molecule has 0 rings (SSSR count). The highest BCUT2D eigenvalue weighted by atomic mass is 16.5. The number of amides is 1. The molecule has 0 fully saturated rings. The average molecular weight is 1040 g/mol. The molecule has 0 heterocycles. The van der Waals surface area contributed by atoms with Gasteiger partial charge in [-0.15, -0.1) is 0 Å². The van der Waals surface area contributed by atoms with E-state index in [-0.39, 0.29) is 18.5 Å². The Balaban J connectivity index is 3.38. The van der Waals surface area contributed by atoms with Crippen molar-refractivity contribution in [2.24, 2.45) is 0 Å². The number of carbonyl (C=O) groups is 2.